The molecule has 146 heavy (non-hydrogen) atoms. The predicted molar refractivity (Wildman–Crippen MR) is 507 cm³/mol. The van der Waals surface area contributed by atoms with Crippen molar-refractivity contribution >= 4 is 64.3 Å². The number of fused-ring (bicyclic) bond motifs is 3. The molecule has 9 aliphatic rings. The number of aliphatic hydroxyl groups is 20. The molecule has 2 bridgehead atoms. The SMILES string of the molecule is CC1CCC(O)CC(O)CC(O)CC=CC(=O)OC(C(C)C(O)C(C)C(O)C(C)C(C)OC2CC(OC(=O)c3cc[n+]([O-])c(C(=O)O)c3N)C(NC(=O)c3c(Cl)c(Cl)c(Cl)n3C)C(C)O2)C(C)C2OC2C(O)CCCC(O)C(C)C(O)CC(O)C(C)C2CC(O)C(O)C(O)(CC1OC1OC(C)C(OC3OC(C)C(O)C(OC4CC(O)C(O)C(C)O4)C3O)C(OC3CC(O)C(N)C(C)O3)C1OC1OC(C)C(O)C(O)C1O)O2. The van der Waals surface area contributed by atoms with Crippen LogP contribution in [0.1, 0.15) is 218 Å². The standard InChI is InChI=1S/C96H154Cl3N5O42/c1-34-22-23-49(106)27-50(107)26-48(105)18-16-21-62(115)140-81(39(6)74(117)38(5)73(116)35(2)41(8)131-65-32-60(138-92(128)51-24-25-104(130)72(69(51)101)91(126)127)70(43(10)133-65)102-90(125)71-66(97)67(98)89(99)103(71)15)40(7)82-84(143-82)53(109)20-17-19-52(108)36(3)54(110)28-55(111)37(4)59-29-58(114)88(124)96(129,146-59)33-61(34)139-95-87(145-93-79(122)78(121)76(119)45(12)135-93)86(142-63-30-56(112)68(100)42(9)132-63)83(47(14)137-95)144-94-80(123)85(77(120)46(13)136-94)141-64-31-57(113)75(118)44(11)134-64/h16,21,24-25,34-50,52-61,63-65,68,70,73-88,93-95,105-114,116-124,129H,17-20,22-23,26-33,100-101H2,1-15H3,(H,102,125)(H,126,127). The van der Waals surface area contributed by atoms with Crippen LogP contribution < -0.4 is 21.5 Å². The Morgan fingerprint density at radius 1 is 0.548 bits per heavy atom. The number of cyclic esters (lactones) is 1. The molecular formula is C96H154Cl3N5O42. The zero-order valence-corrected chi connectivity index (χ0v) is 86.6. The van der Waals surface area contributed by atoms with Crippen LogP contribution >= 0.6 is 34.8 Å². The Balaban J connectivity index is 0.829. The van der Waals surface area contributed by atoms with Crippen molar-refractivity contribution in [3.63, 3.8) is 0 Å². The summed E-state index contributed by atoms with van der Waals surface area (Å²) in [7, 11) is 1.42. The largest absolute Gasteiger partial charge is 0.618 e. The average molecular weight is 2160 g/mol. The van der Waals surface area contributed by atoms with E-state index in [9.17, 15) is 132 Å². The molecule has 8 fully saturated rings. The number of nitrogen functional groups attached to an aromatic ring is 1. The Kier molecular flexibility index (Phi) is 43.3. The van der Waals surface area contributed by atoms with Gasteiger partial charge in [-0.2, -0.15) is 4.73 Å². The molecule has 0 spiro atoms. The molecule has 47 nitrogen and oxygen atoms in total. The molecule has 1 amide bonds. The second kappa shape index (κ2) is 52.1. The van der Waals surface area contributed by atoms with Gasteiger partial charge in [-0.3, -0.25) is 4.79 Å². The van der Waals surface area contributed by atoms with E-state index in [4.69, 9.17) is 122 Å². The van der Waals surface area contributed by atoms with E-state index in [-0.39, 0.29) is 89.8 Å². The number of hydrogen-bond acceptors (Lipinski definition) is 43. The minimum absolute atomic E-state index is 0.00719. The second-order valence-corrected chi connectivity index (χ2v) is 42.8. The lowest BCUT2D eigenvalue weighted by atomic mass is 9.77. The number of nitrogens with one attached hydrogen (secondary N) is 1. The van der Waals surface area contributed by atoms with E-state index in [2.05, 4.69) is 5.32 Å². The first-order valence-corrected chi connectivity index (χ1v) is 51.4. The van der Waals surface area contributed by atoms with Gasteiger partial charge in [0.1, 0.15) is 102 Å². The van der Waals surface area contributed by atoms with Crippen molar-refractivity contribution in [3.05, 3.63) is 61.8 Å². The summed E-state index contributed by atoms with van der Waals surface area (Å²) in [5.41, 5.74) is 10.0. The van der Waals surface area contributed by atoms with Crippen molar-refractivity contribution in [2.24, 2.45) is 54.2 Å². The maximum absolute atomic E-state index is 14.3. The molecule has 0 aromatic carbocycles. The van der Waals surface area contributed by atoms with E-state index < -0.39 is 383 Å². The minimum atomic E-state index is -2.87. The van der Waals surface area contributed by atoms with Crippen molar-refractivity contribution in [1.82, 2.24) is 9.88 Å². The topological polar surface area (TPSA) is 740 Å². The fourth-order valence-corrected chi connectivity index (χ4v) is 21.6. The number of anilines is 1. The summed E-state index contributed by atoms with van der Waals surface area (Å²) < 4.78 is 103. The maximum Gasteiger partial charge on any atom is 0.404 e. The highest BCUT2D eigenvalue weighted by Gasteiger charge is 2.60. The molecule has 50 heteroatoms. The number of aromatic carboxylic acids is 1. The highest BCUT2D eigenvalue weighted by molar-refractivity contribution is 6.49. The summed E-state index contributed by atoms with van der Waals surface area (Å²) >= 11 is 19.1. The fraction of sp³-hybridized carbons (Fsp3) is 0.844. The van der Waals surface area contributed by atoms with Crippen LogP contribution in [0.25, 0.3) is 0 Å². The lowest BCUT2D eigenvalue weighted by molar-refractivity contribution is -0.607. The van der Waals surface area contributed by atoms with Crippen molar-refractivity contribution in [2.45, 2.75) is 462 Å². The molecule has 11 rings (SSSR count). The lowest BCUT2D eigenvalue weighted by Crippen LogP contribution is -2.67. The molecule has 836 valence electrons. The molecule has 0 aliphatic carbocycles. The first-order chi connectivity index (χ1) is 68.3. The van der Waals surface area contributed by atoms with Crippen LogP contribution in [0.3, 0.4) is 0 Å². The highest BCUT2D eigenvalue weighted by Crippen LogP contribution is 2.47. The fourth-order valence-electron chi connectivity index (χ4n) is 20.9. The molecule has 8 saturated heterocycles. The summed E-state index contributed by atoms with van der Waals surface area (Å²) in [5.74, 6) is -14.6. The number of esters is 2. The van der Waals surface area contributed by atoms with Gasteiger partial charge in [0.15, 0.2) is 49.7 Å². The van der Waals surface area contributed by atoms with Crippen LogP contribution in [-0.2, 0) is 87.6 Å². The Bertz CT molecular complexity index is 4520. The number of epoxide rings is 1. The van der Waals surface area contributed by atoms with Crippen molar-refractivity contribution in [1.29, 1.82) is 0 Å². The van der Waals surface area contributed by atoms with Gasteiger partial charge in [0.25, 0.3) is 5.91 Å². The quantitative estimate of drug-likeness (QED) is 0.0259. The molecule has 0 saturated carbocycles. The molecule has 9 aliphatic heterocycles. The van der Waals surface area contributed by atoms with E-state index >= 15 is 0 Å². The number of nitrogens with zero attached hydrogens (tertiary/aromatic N) is 2. The summed E-state index contributed by atoms with van der Waals surface area (Å²) in [6.07, 6.45) is -62.4. The van der Waals surface area contributed by atoms with Crippen LogP contribution in [0.2, 0.25) is 15.2 Å². The van der Waals surface area contributed by atoms with E-state index in [0.29, 0.717) is 0 Å². The number of aliphatic hydroxyl groups excluding tert-OH is 19. The number of rotatable bonds is 23. The molecule has 52 atom stereocenters. The lowest BCUT2D eigenvalue weighted by Gasteiger charge is -2.52. The van der Waals surface area contributed by atoms with Crippen LogP contribution in [0.15, 0.2) is 24.4 Å². The summed E-state index contributed by atoms with van der Waals surface area (Å²) in [5, 5.41) is 259. The third kappa shape index (κ3) is 28.9. The van der Waals surface area contributed by atoms with Crippen LogP contribution in [0.5, 0.6) is 0 Å². The number of halogens is 3. The zero-order valence-electron chi connectivity index (χ0n) is 84.3. The summed E-state index contributed by atoms with van der Waals surface area (Å²) in [6.45, 7) is 21.4. The number of ether oxygens (including phenoxy) is 16. The van der Waals surface area contributed by atoms with E-state index in [1.165, 1.54) is 73.1 Å². The number of carboxylic acids is 1. The number of hydrogen-bond donors (Lipinski definition) is 24. The monoisotopic (exact) mass is 2150 g/mol. The van der Waals surface area contributed by atoms with Gasteiger partial charge in [-0.05, 0) is 112 Å². The van der Waals surface area contributed by atoms with Crippen molar-refractivity contribution in [2.75, 3.05) is 5.73 Å². The molecule has 2 aromatic rings. The number of pyridine rings is 1. The van der Waals surface area contributed by atoms with Crippen LogP contribution in [0, 0.1) is 46.6 Å². The zero-order chi connectivity index (χ0) is 108. The first-order valence-electron chi connectivity index (χ1n) is 50.3. The Morgan fingerprint density at radius 3 is 1.77 bits per heavy atom. The van der Waals surface area contributed by atoms with Gasteiger partial charge in [-0.15, -0.1) is 0 Å². The van der Waals surface area contributed by atoms with Gasteiger partial charge < -0.3 is 210 Å². The van der Waals surface area contributed by atoms with Crippen LogP contribution in [0.4, 0.5) is 5.69 Å². The number of nitrogens with two attached hydrogens (primary N) is 2. The maximum atomic E-state index is 14.3. The Hall–Kier alpha value is -4.88. The van der Waals surface area contributed by atoms with Gasteiger partial charge in [-0.1, -0.05) is 89.3 Å². The minimum Gasteiger partial charge on any atom is -0.618 e. The molecule has 26 N–H and O–H groups in total. The Morgan fingerprint density at radius 2 is 1.14 bits per heavy atom. The van der Waals surface area contributed by atoms with Gasteiger partial charge in [0.05, 0.1) is 162 Å². The molecule has 2 aromatic heterocycles. The number of carbonyl (C=O) groups excluding carboxylic acids is 3. The van der Waals surface area contributed by atoms with Crippen molar-refractivity contribution in [3.8, 4) is 0 Å². The average Bonchev–Trinajstić information content (AvgIpc) is 0.999. The molecular weight excluding hydrogens is 2000 g/mol. The first kappa shape index (κ1) is 121. The van der Waals surface area contributed by atoms with Gasteiger partial charge in [0.2, 0.25) is 0 Å². The Labute approximate surface area is 860 Å². The molecule has 52 unspecified atom stereocenters. The van der Waals surface area contributed by atoms with Crippen LogP contribution in [-0.4, -0.2) is 411 Å². The number of carbonyl (C=O) groups is 4. The third-order valence-corrected chi connectivity index (χ3v) is 32.3. The highest BCUT2D eigenvalue weighted by atomic mass is 35.5. The summed E-state index contributed by atoms with van der Waals surface area (Å²) in [4.78, 5) is 54.4. The molecule has 0 radical (unpaired) electrons. The predicted octanol–water partition coefficient (Wildman–Crippen LogP) is -1.54. The van der Waals surface area contributed by atoms with Gasteiger partial charge in [-0.25, -0.2) is 14.4 Å². The van der Waals surface area contributed by atoms with Crippen molar-refractivity contribution < 1.29 is 207 Å². The number of aromatic nitrogens is 2. The van der Waals surface area contributed by atoms with Gasteiger partial charge in [0, 0.05) is 86.8 Å². The molecule has 11 heterocycles. The normalized spacial score (nSPS) is 44.1. The van der Waals surface area contributed by atoms with Gasteiger partial charge >= 0.3 is 23.6 Å². The smallest absolute Gasteiger partial charge is 0.404 e. The summed E-state index contributed by atoms with van der Waals surface area (Å²) in [6, 6.07) is -1.23. The van der Waals surface area contributed by atoms with E-state index in [0.717, 1.165) is 18.3 Å². The third-order valence-electron chi connectivity index (χ3n) is 30.9. The van der Waals surface area contributed by atoms with E-state index in [1.807, 2.05) is 0 Å². The second-order valence-electron chi connectivity index (χ2n) is 41.7. The number of carboxylic acid groups (broad SMARTS) is 1. The number of amides is 1. The van der Waals surface area contributed by atoms with E-state index in [1.54, 1.807) is 41.5 Å².